The van der Waals surface area contributed by atoms with E-state index in [1.807, 2.05) is 31.2 Å². The van der Waals surface area contributed by atoms with Gasteiger partial charge in [-0.2, -0.15) is 0 Å². The van der Waals surface area contributed by atoms with Crippen molar-refractivity contribution in [3.05, 3.63) is 59.7 Å². The summed E-state index contributed by atoms with van der Waals surface area (Å²) in [5.41, 5.74) is 2.42. The number of fused-ring (bicyclic) bond motifs is 1. The van der Waals surface area contributed by atoms with Gasteiger partial charge in [0, 0.05) is 5.56 Å². The molecule has 1 fully saturated rings. The molecule has 0 unspecified atom stereocenters. The molecule has 6 heteroatoms. The van der Waals surface area contributed by atoms with Crippen molar-refractivity contribution in [2.24, 2.45) is 0 Å². The summed E-state index contributed by atoms with van der Waals surface area (Å²) in [4.78, 5) is 15.3. The van der Waals surface area contributed by atoms with E-state index in [2.05, 4.69) is 29.6 Å². The Kier molecular flexibility index (Phi) is 5.78. The van der Waals surface area contributed by atoms with Gasteiger partial charge in [0.2, 0.25) is 6.79 Å². The lowest BCUT2D eigenvalue weighted by molar-refractivity contribution is -1.02. The van der Waals surface area contributed by atoms with Crippen LogP contribution in [0.1, 0.15) is 24.1 Å². The third-order valence-electron chi connectivity index (χ3n) is 5.64. The van der Waals surface area contributed by atoms with Gasteiger partial charge >= 0.3 is 0 Å². The average molecular weight is 383 g/mol. The van der Waals surface area contributed by atoms with Crippen LogP contribution < -0.4 is 24.6 Å². The molecule has 0 spiro atoms. The topological polar surface area (TPSA) is 56.4 Å². The minimum atomic E-state index is 0.0472. The highest BCUT2D eigenvalue weighted by Crippen LogP contribution is 2.32. The molecule has 2 aliphatic heterocycles. The van der Waals surface area contributed by atoms with Crippen molar-refractivity contribution in [3.8, 4) is 11.5 Å². The van der Waals surface area contributed by atoms with Crippen LogP contribution in [0.4, 0.5) is 0 Å². The number of benzene rings is 2. The first-order valence-electron chi connectivity index (χ1n) is 10.1. The second-order valence-electron chi connectivity index (χ2n) is 7.74. The third kappa shape index (κ3) is 4.64. The highest BCUT2D eigenvalue weighted by atomic mass is 16.7. The molecule has 2 heterocycles. The maximum absolute atomic E-state index is 12.4. The molecule has 1 amide bonds. The predicted molar refractivity (Wildman–Crippen MR) is 106 cm³/mol. The normalized spacial score (nSPS) is 21.9. The van der Waals surface area contributed by atoms with Gasteiger partial charge in [-0.25, -0.2) is 0 Å². The number of piperazine rings is 1. The quantitative estimate of drug-likeness (QED) is 0.635. The van der Waals surface area contributed by atoms with Gasteiger partial charge in [0.15, 0.2) is 18.0 Å². The minimum Gasteiger partial charge on any atom is -0.454 e. The average Bonchev–Trinajstić information content (AvgIpc) is 3.18. The molecule has 0 aliphatic carbocycles. The summed E-state index contributed by atoms with van der Waals surface area (Å²) < 4.78 is 10.9. The fourth-order valence-corrected chi connectivity index (χ4v) is 3.99. The molecule has 0 bridgehead atoms. The summed E-state index contributed by atoms with van der Waals surface area (Å²) in [7, 11) is 0. The Hall–Kier alpha value is -2.57. The number of carbonyl (C=O) groups excluding carboxylic acids is 1. The maximum atomic E-state index is 12.4. The Morgan fingerprint density at radius 2 is 1.71 bits per heavy atom. The number of hydrogen-bond acceptors (Lipinski definition) is 3. The molecule has 2 aliphatic rings. The lowest BCUT2D eigenvalue weighted by Crippen LogP contribution is -3.28. The fourth-order valence-electron chi connectivity index (χ4n) is 3.99. The molecule has 2 aromatic rings. The van der Waals surface area contributed by atoms with E-state index >= 15 is 0 Å². The minimum absolute atomic E-state index is 0.0472. The molecular formula is C22H29N3O3+2. The summed E-state index contributed by atoms with van der Waals surface area (Å²) in [5.74, 6) is 1.82. The van der Waals surface area contributed by atoms with Gasteiger partial charge in [-0.1, -0.05) is 30.3 Å². The van der Waals surface area contributed by atoms with E-state index in [1.54, 1.807) is 4.90 Å². The second kappa shape index (κ2) is 8.63. The van der Waals surface area contributed by atoms with Crippen LogP contribution in [0.5, 0.6) is 11.5 Å². The number of hydrogen-bond donors (Lipinski definition) is 3. The van der Waals surface area contributed by atoms with E-state index in [1.165, 1.54) is 10.5 Å². The fraction of sp³-hybridized carbons (Fsp3) is 0.409. The predicted octanol–water partition coefficient (Wildman–Crippen LogP) is -0.424. The number of rotatable bonds is 6. The van der Waals surface area contributed by atoms with Crippen LogP contribution in [0.3, 0.4) is 0 Å². The number of nitrogens with one attached hydrogen (secondary N) is 3. The van der Waals surface area contributed by atoms with Crippen molar-refractivity contribution in [1.29, 1.82) is 0 Å². The summed E-state index contributed by atoms with van der Waals surface area (Å²) in [6, 6.07) is 16.4. The molecule has 148 valence electrons. The summed E-state index contributed by atoms with van der Waals surface area (Å²) in [6.45, 7) is 8.08. The van der Waals surface area contributed by atoms with Crippen LogP contribution in [-0.4, -0.2) is 45.4 Å². The van der Waals surface area contributed by atoms with Crippen molar-refractivity contribution in [1.82, 2.24) is 5.32 Å². The first-order valence-corrected chi connectivity index (χ1v) is 10.1. The van der Waals surface area contributed by atoms with Gasteiger partial charge in [-0.05, 0) is 30.7 Å². The zero-order chi connectivity index (χ0) is 19.3. The number of carbonyl (C=O) groups is 1. The monoisotopic (exact) mass is 383 g/mol. The first kappa shape index (κ1) is 18.8. The molecule has 3 N–H and O–H groups in total. The summed E-state index contributed by atoms with van der Waals surface area (Å²) >= 11 is 0. The lowest BCUT2D eigenvalue weighted by Gasteiger charge is -2.29. The largest absolute Gasteiger partial charge is 0.454 e. The van der Waals surface area contributed by atoms with Crippen LogP contribution in [-0.2, 0) is 11.3 Å². The van der Waals surface area contributed by atoms with Crippen molar-refractivity contribution < 1.29 is 24.1 Å². The van der Waals surface area contributed by atoms with Crippen LogP contribution in [0.25, 0.3) is 0 Å². The van der Waals surface area contributed by atoms with Gasteiger partial charge in [-0.3, -0.25) is 4.79 Å². The highest BCUT2D eigenvalue weighted by molar-refractivity contribution is 5.77. The van der Waals surface area contributed by atoms with Gasteiger partial charge in [-0.15, -0.1) is 0 Å². The van der Waals surface area contributed by atoms with Gasteiger partial charge in [0.05, 0.1) is 6.04 Å². The van der Waals surface area contributed by atoms with E-state index < -0.39 is 0 Å². The van der Waals surface area contributed by atoms with Crippen LogP contribution in [0.15, 0.2) is 48.5 Å². The van der Waals surface area contributed by atoms with E-state index in [-0.39, 0.29) is 11.9 Å². The van der Waals surface area contributed by atoms with E-state index in [0.29, 0.717) is 13.3 Å². The van der Waals surface area contributed by atoms with Gasteiger partial charge in [0.25, 0.3) is 5.91 Å². The Balaban J connectivity index is 1.21. The Labute approximate surface area is 166 Å². The zero-order valence-corrected chi connectivity index (χ0v) is 16.4. The van der Waals surface area contributed by atoms with E-state index in [0.717, 1.165) is 49.8 Å². The van der Waals surface area contributed by atoms with Gasteiger partial charge < -0.3 is 24.6 Å². The number of ether oxygens (including phenoxy) is 2. The Bertz CT molecular complexity index is 804. The maximum Gasteiger partial charge on any atom is 0.275 e. The van der Waals surface area contributed by atoms with E-state index in [9.17, 15) is 4.79 Å². The summed E-state index contributed by atoms with van der Waals surface area (Å²) in [5, 5.41) is 3.13. The molecule has 4 rings (SSSR count). The van der Waals surface area contributed by atoms with Crippen LogP contribution in [0, 0.1) is 0 Å². The molecule has 1 atom stereocenters. The van der Waals surface area contributed by atoms with Crippen molar-refractivity contribution in [2.45, 2.75) is 19.5 Å². The first-order chi connectivity index (χ1) is 13.7. The third-order valence-corrected chi connectivity index (χ3v) is 5.64. The molecule has 28 heavy (non-hydrogen) atoms. The molecule has 0 radical (unpaired) electrons. The molecule has 6 nitrogen and oxygen atoms in total. The highest BCUT2D eigenvalue weighted by Gasteiger charge is 2.26. The molecule has 2 aromatic carbocycles. The SMILES string of the molecule is C[C@@H](NC(=O)C[NH+]1CC[NH+](Cc2ccc3c(c2)OCO3)CC1)c1ccccc1. The van der Waals surface area contributed by atoms with Crippen molar-refractivity contribution in [2.75, 3.05) is 39.5 Å². The smallest absolute Gasteiger partial charge is 0.275 e. The molecule has 0 saturated carbocycles. The Morgan fingerprint density at radius 1 is 1.00 bits per heavy atom. The van der Waals surface area contributed by atoms with Gasteiger partial charge in [0.1, 0.15) is 32.7 Å². The standard InChI is InChI=1S/C22H27N3O3/c1-17(19-5-3-2-4-6-19)23-22(26)15-25-11-9-24(10-12-25)14-18-7-8-20-21(13-18)28-16-27-20/h2-8,13,17H,9-12,14-16H2,1H3,(H,23,26)/p+2/t17-/m1/s1. The Morgan fingerprint density at radius 3 is 2.50 bits per heavy atom. The lowest BCUT2D eigenvalue weighted by atomic mass is 10.1. The van der Waals surface area contributed by atoms with Crippen molar-refractivity contribution in [3.63, 3.8) is 0 Å². The van der Waals surface area contributed by atoms with E-state index in [4.69, 9.17) is 9.47 Å². The molecule has 0 aromatic heterocycles. The van der Waals surface area contributed by atoms with Crippen molar-refractivity contribution >= 4 is 5.91 Å². The number of amides is 1. The second-order valence-corrected chi connectivity index (χ2v) is 7.74. The molecule has 1 saturated heterocycles. The zero-order valence-electron chi connectivity index (χ0n) is 16.4. The summed E-state index contributed by atoms with van der Waals surface area (Å²) in [6.07, 6.45) is 0. The van der Waals surface area contributed by atoms with Crippen LogP contribution >= 0.6 is 0 Å². The molecular weight excluding hydrogens is 354 g/mol. The number of quaternary nitrogens is 2. The van der Waals surface area contributed by atoms with Crippen LogP contribution in [0.2, 0.25) is 0 Å².